The smallest absolute Gasteiger partial charge is 0.109 e. The summed E-state index contributed by atoms with van der Waals surface area (Å²) in [5.41, 5.74) is 5.22. The van der Waals surface area contributed by atoms with Gasteiger partial charge in [0.15, 0.2) is 0 Å². The van der Waals surface area contributed by atoms with E-state index in [0.717, 1.165) is 0 Å². The molecule has 0 atom stereocenters. The van der Waals surface area contributed by atoms with Gasteiger partial charge in [-0.15, -0.1) is 0 Å². The van der Waals surface area contributed by atoms with E-state index in [0.29, 0.717) is 0 Å². The maximum Gasteiger partial charge on any atom is 0.109 e. The van der Waals surface area contributed by atoms with Crippen LogP contribution in [-0.4, -0.2) is 6.10 Å². The fraction of sp³-hybridized carbons (Fsp3) is 0.250. The minimum absolute atomic E-state index is 0.0994. The van der Waals surface area contributed by atoms with E-state index in [9.17, 15) is 0 Å². The molecule has 0 spiro atoms. The summed E-state index contributed by atoms with van der Waals surface area (Å²) in [7, 11) is 0. The Hall–Kier alpha value is -1.60. The van der Waals surface area contributed by atoms with Gasteiger partial charge in [-0.2, -0.15) is 0 Å². The number of fused-ring (bicyclic) bond motifs is 3. The van der Waals surface area contributed by atoms with E-state index in [1.54, 1.807) is 0 Å². The Balaban J connectivity index is 2.17. The Kier molecular flexibility index (Phi) is 2.49. The van der Waals surface area contributed by atoms with Crippen LogP contribution in [0.4, 0.5) is 0 Å². The highest BCUT2D eigenvalue weighted by Crippen LogP contribution is 2.45. The zero-order chi connectivity index (χ0) is 11.8. The van der Waals surface area contributed by atoms with E-state index in [1.807, 2.05) is 0 Å². The van der Waals surface area contributed by atoms with Gasteiger partial charge in [-0.05, 0) is 36.1 Å². The first-order valence-corrected chi connectivity index (χ1v) is 6.11. The topological polar surface area (TPSA) is 9.23 Å². The molecule has 0 unspecified atom stereocenters. The molecule has 0 bridgehead atoms. The predicted molar refractivity (Wildman–Crippen MR) is 69.9 cm³/mol. The van der Waals surface area contributed by atoms with Crippen LogP contribution in [0, 0.1) is 0 Å². The molecule has 17 heavy (non-hydrogen) atoms. The summed E-state index contributed by atoms with van der Waals surface area (Å²) >= 11 is 0. The molecule has 0 saturated heterocycles. The lowest BCUT2D eigenvalue weighted by atomic mass is 10.1. The van der Waals surface area contributed by atoms with Crippen LogP contribution in [0.25, 0.3) is 11.1 Å². The van der Waals surface area contributed by atoms with Gasteiger partial charge >= 0.3 is 0 Å². The molecule has 0 N–H and O–H groups in total. The van der Waals surface area contributed by atoms with Crippen molar-refractivity contribution in [1.29, 1.82) is 0 Å². The first kappa shape index (κ1) is 10.5. The molecule has 0 heterocycles. The highest BCUT2D eigenvalue weighted by atomic mass is 16.5. The van der Waals surface area contributed by atoms with E-state index in [4.69, 9.17) is 4.74 Å². The van der Waals surface area contributed by atoms with Gasteiger partial charge in [0.2, 0.25) is 0 Å². The van der Waals surface area contributed by atoms with Crippen LogP contribution in [0.1, 0.15) is 31.1 Å². The van der Waals surface area contributed by atoms with Crippen molar-refractivity contribution in [2.45, 2.75) is 26.1 Å². The second-order valence-corrected chi connectivity index (χ2v) is 4.74. The van der Waals surface area contributed by atoms with Crippen molar-refractivity contribution in [3.8, 4) is 11.1 Å². The Morgan fingerprint density at radius 1 is 0.824 bits per heavy atom. The highest BCUT2D eigenvalue weighted by molar-refractivity contribution is 5.78. The third kappa shape index (κ3) is 1.67. The normalized spacial score (nSPS) is 13.8. The van der Waals surface area contributed by atoms with E-state index in [-0.39, 0.29) is 12.2 Å². The van der Waals surface area contributed by atoms with Gasteiger partial charge in [0, 0.05) is 0 Å². The molecule has 0 aromatic heterocycles. The Bertz CT molecular complexity index is 497. The molecule has 0 fully saturated rings. The molecule has 0 amide bonds. The first-order chi connectivity index (χ1) is 8.27. The van der Waals surface area contributed by atoms with Gasteiger partial charge in [0.1, 0.15) is 6.10 Å². The second-order valence-electron chi connectivity index (χ2n) is 4.74. The molecular formula is C16H16O. The summed E-state index contributed by atoms with van der Waals surface area (Å²) in [4.78, 5) is 0. The summed E-state index contributed by atoms with van der Waals surface area (Å²) in [5.74, 6) is 0. The standard InChI is InChI=1S/C16H16O/c1-11(2)17-16-14-9-5-3-7-12(14)13-8-4-6-10-15(13)16/h3-11,16H,1-2H3. The molecule has 3 rings (SSSR count). The molecule has 0 aliphatic heterocycles. The van der Waals surface area contributed by atoms with Gasteiger partial charge in [-0.25, -0.2) is 0 Å². The van der Waals surface area contributed by atoms with Crippen LogP contribution >= 0.6 is 0 Å². The Morgan fingerprint density at radius 3 is 1.76 bits per heavy atom. The number of hydrogen-bond donors (Lipinski definition) is 0. The number of hydrogen-bond acceptors (Lipinski definition) is 1. The van der Waals surface area contributed by atoms with Crippen molar-refractivity contribution in [3.05, 3.63) is 59.7 Å². The van der Waals surface area contributed by atoms with E-state index < -0.39 is 0 Å². The molecule has 1 nitrogen and oxygen atoms in total. The van der Waals surface area contributed by atoms with Crippen molar-refractivity contribution in [2.75, 3.05) is 0 Å². The summed E-state index contributed by atoms with van der Waals surface area (Å²) in [6.07, 6.45) is 0.335. The summed E-state index contributed by atoms with van der Waals surface area (Å²) in [5, 5.41) is 0. The van der Waals surface area contributed by atoms with Gasteiger partial charge in [-0.1, -0.05) is 48.5 Å². The number of ether oxygens (including phenoxy) is 1. The van der Waals surface area contributed by atoms with Gasteiger partial charge < -0.3 is 4.74 Å². The molecule has 0 saturated carbocycles. The summed E-state index contributed by atoms with van der Waals surface area (Å²) in [6, 6.07) is 17.0. The summed E-state index contributed by atoms with van der Waals surface area (Å²) < 4.78 is 6.06. The third-order valence-electron chi connectivity index (χ3n) is 3.18. The van der Waals surface area contributed by atoms with Crippen LogP contribution in [0.15, 0.2) is 48.5 Å². The maximum absolute atomic E-state index is 6.06. The van der Waals surface area contributed by atoms with Crippen LogP contribution in [0.5, 0.6) is 0 Å². The molecular weight excluding hydrogens is 208 g/mol. The largest absolute Gasteiger partial charge is 0.366 e. The summed E-state index contributed by atoms with van der Waals surface area (Å²) in [6.45, 7) is 4.17. The van der Waals surface area contributed by atoms with Gasteiger partial charge in [0.05, 0.1) is 6.10 Å². The van der Waals surface area contributed by atoms with Crippen molar-refractivity contribution >= 4 is 0 Å². The van der Waals surface area contributed by atoms with E-state index >= 15 is 0 Å². The lowest BCUT2D eigenvalue weighted by Crippen LogP contribution is -2.09. The van der Waals surface area contributed by atoms with Crippen LogP contribution in [0.3, 0.4) is 0 Å². The minimum atomic E-state index is 0.0994. The van der Waals surface area contributed by atoms with Crippen molar-refractivity contribution < 1.29 is 4.74 Å². The van der Waals surface area contributed by atoms with Crippen LogP contribution in [-0.2, 0) is 4.74 Å². The fourth-order valence-corrected chi connectivity index (χ4v) is 2.53. The lowest BCUT2D eigenvalue weighted by Gasteiger charge is -2.17. The molecule has 1 heteroatoms. The number of benzene rings is 2. The van der Waals surface area contributed by atoms with Crippen LogP contribution in [0.2, 0.25) is 0 Å². The van der Waals surface area contributed by atoms with Crippen LogP contribution < -0.4 is 0 Å². The van der Waals surface area contributed by atoms with Crippen molar-refractivity contribution in [2.24, 2.45) is 0 Å². The fourth-order valence-electron chi connectivity index (χ4n) is 2.53. The molecule has 0 radical (unpaired) electrons. The minimum Gasteiger partial charge on any atom is -0.366 e. The SMILES string of the molecule is CC(C)OC1c2ccccc2-c2ccccc21. The monoisotopic (exact) mass is 224 g/mol. The van der Waals surface area contributed by atoms with E-state index in [1.165, 1.54) is 22.3 Å². The Labute approximate surface area is 102 Å². The molecule has 86 valence electrons. The maximum atomic E-state index is 6.06. The first-order valence-electron chi connectivity index (χ1n) is 6.11. The average Bonchev–Trinajstić information content (AvgIpc) is 2.65. The zero-order valence-corrected chi connectivity index (χ0v) is 10.2. The quantitative estimate of drug-likeness (QED) is 0.743. The van der Waals surface area contributed by atoms with Gasteiger partial charge in [0.25, 0.3) is 0 Å². The average molecular weight is 224 g/mol. The third-order valence-corrected chi connectivity index (χ3v) is 3.18. The molecule has 2 aromatic rings. The van der Waals surface area contributed by atoms with E-state index in [2.05, 4.69) is 62.4 Å². The zero-order valence-electron chi connectivity index (χ0n) is 10.2. The van der Waals surface area contributed by atoms with Crippen molar-refractivity contribution in [3.63, 3.8) is 0 Å². The second kappa shape index (κ2) is 4.01. The number of rotatable bonds is 2. The predicted octanol–water partition coefficient (Wildman–Crippen LogP) is 4.18. The highest BCUT2D eigenvalue weighted by Gasteiger charge is 2.28. The lowest BCUT2D eigenvalue weighted by molar-refractivity contribution is 0.0328. The molecule has 2 aromatic carbocycles. The van der Waals surface area contributed by atoms with Gasteiger partial charge in [-0.3, -0.25) is 0 Å². The Morgan fingerprint density at radius 2 is 1.29 bits per heavy atom. The molecule has 1 aliphatic rings. The van der Waals surface area contributed by atoms with Crippen molar-refractivity contribution in [1.82, 2.24) is 0 Å². The molecule has 1 aliphatic carbocycles.